The molecule has 0 amide bonds. The Kier molecular flexibility index (Phi) is 2.98. The maximum Gasteiger partial charge on any atom is 0.254 e. The predicted octanol–water partition coefficient (Wildman–Crippen LogP) is 2.01. The van der Waals surface area contributed by atoms with Crippen LogP contribution in [0.2, 0.25) is 0 Å². The molecule has 0 aliphatic carbocycles. The lowest BCUT2D eigenvalue weighted by atomic mass is 10.0. The Morgan fingerprint density at radius 3 is 2.42 bits per heavy atom. The molecule has 3 aromatic rings. The van der Waals surface area contributed by atoms with E-state index in [1.165, 1.54) is 5.69 Å². The topological polar surface area (TPSA) is 49.6 Å². The summed E-state index contributed by atoms with van der Waals surface area (Å²) >= 11 is 0. The van der Waals surface area contributed by atoms with Crippen LogP contribution in [-0.2, 0) is 0 Å². The van der Waals surface area contributed by atoms with Gasteiger partial charge in [0.05, 0.1) is 0 Å². The largest absolute Gasteiger partial charge is 0.371 e. The van der Waals surface area contributed by atoms with Crippen molar-refractivity contribution in [3.8, 4) is 0 Å². The van der Waals surface area contributed by atoms with Crippen LogP contribution in [0.1, 0.15) is 5.69 Å². The van der Waals surface area contributed by atoms with Crippen molar-refractivity contribution in [3.05, 3.63) is 48.4 Å². The maximum absolute atomic E-state index is 4.45. The number of hydrogen-bond donors (Lipinski definition) is 0. The van der Waals surface area contributed by atoms with Gasteiger partial charge in [-0.2, -0.15) is 14.6 Å². The highest BCUT2D eigenvalue weighted by Crippen LogP contribution is 2.36. The van der Waals surface area contributed by atoms with E-state index in [-0.39, 0.29) is 0 Å². The number of fused-ring (bicyclic) bond motifs is 2. The number of aryl methyl sites for hydroxylation is 1. The molecule has 6 heteroatoms. The first-order valence-corrected chi connectivity index (χ1v) is 8.50. The number of aromatic nitrogens is 4. The lowest BCUT2D eigenvalue weighted by Gasteiger charge is -2.24. The third kappa shape index (κ3) is 2.13. The van der Waals surface area contributed by atoms with Crippen LogP contribution in [0.25, 0.3) is 5.78 Å². The van der Waals surface area contributed by atoms with E-state index in [0.717, 1.165) is 37.7 Å². The normalized spacial score (nSPS) is 23.2. The number of benzene rings is 1. The Labute approximate surface area is 140 Å². The van der Waals surface area contributed by atoms with E-state index < -0.39 is 0 Å². The number of hydrogen-bond acceptors (Lipinski definition) is 5. The maximum atomic E-state index is 4.45. The van der Waals surface area contributed by atoms with Gasteiger partial charge in [-0.3, -0.25) is 0 Å². The summed E-state index contributed by atoms with van der Waals surface area (Å²) < 4.78 is 1.86. The molecule has 4 heterocycles. The summed E-state index contributed by atoms with van der Waals surface area (Å²) in [5, 5.41) is 4.35. The Morgan fingerprint density at radius 1 is 0.958 bits per heavy atom. The fourth-order valence-electron chi connectivity index (χ4n) is 4.17. The minimum absolute atomic E-state index is 0.688. The fraction of sp³-hybridized carbons (Fsp3) is 0.389. The summed E-state index contributed by atoms with van der Waals surface area (Å²) in [6.45, 7) is 6.44. The van der Waals surface area contributed by atoms with Crippen LogP contribution in [0.3, 0.4) is 0 Å². The summed E-state index contributed by atoms with van der Waals surface area (Å²) in [5.74, 6) is 3.22. The van der Waals surface area contributed by atoms with E-state index in [4.69, 9.17) is 0 Å². The van der Waals surface area contributed by atoms with Gasteiger partial charge in [-0.15, -0.1) is 0 Å². The Bertz CT molecular complexity index is 860. The highest BCUT2D eigenvalue weighted by atomic mass is 15.4. The number of para-hydroxylation sites is 1. The van der Waals surface area contributed by atoms with Gasteiger partial charge in [0.15, 0.2) is 0 Å². The molecule has 2 saturated heterocycles. The molecule has 5 rings (SSSR count). The second-order valence-corrected chi connectivity index (χ2v) is 6.89. The minimum Gasteiger partial charge on any atom is -0.371 e. The minimum atomic E-state index is 0.688. The van der Waals surface area contributed by atoms with E-state index in [9.17, 15) is 0 Å². The van der Waals surface area contributed by atoms with Gasteiger partial charge >= 0.3 is 0 Å². The molecule has 2 unspecified atom stereocenters. The number of anilines is 2. The molecule has 0 N–H and O–H groups in total. The first-order chi connectivity index (χ1) is 11.8. The van der Waals surface area contributed by atoms with Crippen molar-refractivity contribution in [1.29, 1.82) is 0 Å². The Morgan fingerprint density at radius 2 is 1.67 bits per heavy atom. The molecule has 2 aliphatic rings. The fourth-order valence-corrected chi connectivity index (χ4v) is 4.17. The second kappa shape index (κ2) is 5.19. The van der Waals surface area contributed by atoms with E-state index in [2.05, 4.69) is 61.3 Å². The quantitative estimate of drug-likeness (QED) is 0.723. The van der Waals surface area contributed by atoms with Gasteiger partial charge in [0.2, 0.25) is 0 Å². The SMILES string of the molecule is Cc1cc(N2CC3CN(c4ccccc4)CC3C2)n2ncnc2n1. The van der Waals surface area contributed by atoms with E-state index in [0.29, 0.717) is 17.6 Å². The smallest absolute Gasteiger partial charge is 0.254 e. The van der Waals surface area contributed by atoms with Crippen LogP contribution >= 0.6 is 0 Å². The Hall–Kier alpha value is -2.63. The third-order valence-corrected chi connectivity index (χ3v) is 5.29. The first-order valence-electron chi connectivity index (χ1n) is 8.50. The molecule has 2 aromatic heterocycles. The van der Waals surface area contributed by atoms with Crippen LogP contribution in [-0.4, -0.2) is 45.8 Å². The summed E-state index contributed by atoms with van der Waals surface area (Å²) in [7, 11) is 0. The number of nitrogens with zero attached hydrogens (tertiary/aromatic N) is 6. The number of rotatable bonds is 2. The molecule has 1 aromatic carbocycles. The molecule has 24 heavy (non-hydrogen) atoms. The van der Waals surface area contributed by atoms with Gasteiger partial charge in [0.1, 0.15) is 12.1 Å². The Balaban J connectivity index is 1.39. The van der Waals surface area contributed by atoms with E-state index in [1.54, 1.807) is 6.33 Å². The molecule has 0 bridgehead atoms. The van der Waals surface area contributed by atoms with Crippen molar-refractivity contribution < 1.29 is 0 Å². The zero-order valence-corrected chi connectivity index (χ0v) is 13.7. The van der Waals surface area contributed by atoms with Crippen molar-refractivity contribution >= 4 is 17.3 Å². The summed E-state index contributed by atoms with van der Waals surface area (Å²) in [6, 6.07) is 12.9. The molecular formula is C18H20N6. The molecule has 0 saturated carbocycles. The van der Waals surface area contributed by atoms with Crippen molar-refractivity contribution in [3.63, 3.8) is 0 Å². The van der Waals surface area contributed by atoms with Gasteiger partial charge in [0.25, 0.3) is 5.78 Å². The zero-order valence-electron chi connectivity index (χ0n) is 13.7. The van der Waals surface area contributed by atoms with Gasteiger partial charge < -0.3 is 9.80 Å². The molecular weight excluding hydrogens is 300 g/mol. The highest BCUT2D eigenvalue weighted by Gasteiger charge is 2.40. The first kappa shape index (κ1) is 13.8. The van der Waals surface area contributed by atoms with Gasteiger partial charge in [0, 0.05) is 55.5 Å². The highest BCUT2D eigenvalue weighted by molar-refractivity contribution is 5.51. The van der Waals surface area contributed by atoms with Gasteiger partial charge in [-0.05, 0) is 19.1 Å². The monoisotopic (exact) mass is 320 g/mol. The van der Waals surface area contributed by atoms with Crippen molar-refractivity contribution in [1.82, 2.24) is 19.6 Å². The zero-order chi connectivity index (χ0) is 16.1. The molecule has 2 fully saturated rings. The molecule has 2 aliphatic heterocycles. The van der Waals surface area contributed by atoms with Crippen molar-refractivity contribution in [2.24, 2.45) is 11.8 Å². The van der Waals surface area contributed by atoms with Crippen LogP contribution in [0.15, 0.2) is 42.7 Å². The molecule has 2 atom stereocenters. The average Bonchev–Trinajstić information content (AvgIpc) is 3.28. The summed E-state index contributed by atoms with van der Waals surface area (Å²) in [5.41, 5.74) is 2.34. The summed E-state index contributed by atoms with van der Waals surface area (Å²) in [6.07, 6.45) is 1.58. The molecule has 0 spiro atoms. The summed E-state index contributed by atoms with van der Waals surface area (Å²) in [4.78, 5) is 13.7. The van der Waals surface area contributed by atoms with Gasteiger partial charge in [-0.25, -0.2) is 4.98 Å². The van der Waals surface area contributed by atoms with Crippen LogP contribution in [0.4, 0.5) is 11.5 Å². The van der Waals surface area contributed by atoms with Crippen molar-refractivity contribution in [2.75, 3.05) is 36.0 Å². The lowest BCUT2D eigenvalue weighted by Crippen LogP contribution is -2.30. The van der Waals surface area contributed by atoms with Crippen LogP contribution in [0.5, 0.6) is 0 Å². The van der Waals surface area contributed by atoms with E-state index in [1.807, 2.05) is 11.4 Å². The second-order valence-electron chi connectivity index (χ2n) is 6.89. The van der Waals surface area contributed by atoms with Crippen LogP contribution < -0.4 is 9.80 Å². The third-order valence-electron chi connectivity index (χ3n) is 5.29. The van der Waals surface area contributed by atoms with Crippen LogP contribution in [0, 0.1) is 18.8 Å². The standard InChI is InChI=1S/C18H20N6/c1-13-7-17(24-18(21-13)19-12-20-24)23-10-14-8-22(9-15(14)11-23)16-5-3-2-4-6-16/h2-7,12,14-15H,8-11H2,1H3. The average molecular weight is 320 g/mol. The molecule has 6 nitrogen and oxygen atoms in total. The lowest BCUT2D eigenvalue weighted by molar-refractivity contribution is 0.533. The molecule has 0 radical (unpaired) electrons. The molecule has 122 valence electrons. The van der Waals surface area contributed by atoms with Crippen molar-refractivity contribution in [2.45, 2.75) is 6.92 Å². The van der Waals surface area contributed by atoms with E-state index >= 15 is 0 Å². The van der Waals surface area contributed by atoms with Gasteiger partial charge in [-0.1, -0.05) is 18.2 Å². The predicted molar refractivity (Wildman–Crippen MR) is 93.4 cm³/mol.